The van der Waals surface area contributed by atoms with Crippen LogP contribution < -0.4 is 5.32 Å². The number of hydrogen-bond donors (Lipinski definition) is 1. The van der Waals surface area contributed by atoms with Crippen LogP contribution in [0, 0.1) is 0 Å². The van der Waals surface area contributed by atoms with Gasteiger partial charge < -0.3 is 5.32 Å². The zero-order valence-corrected chi connectivity index (χ0v) is 12.0. The summed E-state index contributed by atoms with van der Waals surface area (Å²) in [7, 11) is 1.97. The summed E-state index contributed by atoms with van der Waals surface area (Å²) in [6, 6.07) is 0. The molecule has 2 heterocycles. The molecule has 98 valence electrons. The van der Waals surface area contributed by atoms with Gasteiger partial charge in [-0.05, 0) is 12.8 Å². The Hall–Kier alpha value is -1.20. The lowest BCUT2D eigenvalue weighted by Crippen LogP contribution is -2.13. The molecule has 2 aromatic rings. The van der Waals surface area contributed by atoms with Gasteiger partial charge >= 0.3 is 0 Å². The summed E-state index contributed by atoms with van der Waals surface area (Å²) in [4.78, 5) is 4.54. The second kappa shape index (κ2) is 6.11. The predicted molar refractivity (Wildman–Crippen MR) is 74.6 cm³/mol. The highest BCUT2D eigenvalue weighted by molar-refractivity contribution is 7.09. The highest BCUT2D eigenvalue weighted by Crippen LogP contribution is 2.11. The molecule has 0 bridgehead atoms. The number of nitrogens with one attached hydrogen (secondary N) is 1. The lowest BCUT2D eigenvalue weighted by Gasteiger charge is -2.02. The Bertz CT molecular complexity index is 501. The van der Waals surface area contributed by atoms with E-state index in [1.165, 1.54) is 16.3 Å². The molecule has 0 atom stereocenters. The summed E-state index contributed by atoms with van der Waals surface area (Å²) in [5, 5.41) is 11.2. The Morgan fingerprint density at radius 2 is 2.11 bits per heavy atom. The summed E-state index contributed by atoms with van der Waals surface area (Å²) < 4.78 is 1.88. The fourth-order valence-electron chi connectivity index (χ4n) is 1.95. The van der Waals surface area contributed by atoms with Crippen LogP contribution in [0.2, 0.25) is 0 Å². The molecule has 2 aromatic heterocycles. The highest BCUT2D eigenvalue weighted by Gasteiger charge is 2.06. The van der Waals surface area contributed by atoms with E-state index in [1.54, 1.807) is 11.3 Å². The monoisotopic (exact) mass is 264 g/mol. The minimum Gasteiger partial charge on any atom is -0.307 e. The Balaban J connectivity index is 1.87. The van der Waals surface area contributed by atoms with E-state index in [-0.39, 0.29) is 0 Å². The first-order valence-electron chi connectivity index (χ1n) is 6.38. The van der Waals surface area contributed by atoms with Crippen molar-refractivity contribution in [2.45, 2.75) is 39.8 Å². The lowest BCUT2D eigenvalue weighted by atomic mass is 10.2. The summed E-state index contributed by atoms with van der Waals surface area (Å²) >= 11 is 1.74. The van der Waals surface area contributed by atoms with Crippen LogP contribution >= 0.6 is 11.3 Å². The quantitative estimate of drug-likeness (QED) is 0.870. The van der Waals surface area contributed by atoms with Gasteiger partial charge in [-0.2, -0.15) is 5.10 Å². The van der Waals surface area contributed by atoms with Crippen LogP contribution in [0.25, 0.3) is 0 Å². The molecule has 0 radical (unpaired) electrons. The fraction of sp³-hybridized carbons (Fsp3) is 0.538. The standard InChI is InChI=1S/C13H20N4S/c1-4-12-10(8-17(3)16-12)6-14-7-11-9-18-13(5-2)15-11/h8-9,14H,4-7H2,1-3H3. The summed E-state index contributed by atoms with van der Waals surface area (Å²) in [5.41, 5.74) is 3.60. The zero-order valence-electron chi connectivity index (χ0n) is 11.2. The molecule has 0 amide bonds. The van der Waals surface area contributed by atoms with Crippen LogP contribution in [-0.4, -0.2) is 14.8 Å². The first-order valence-corrected chi connectivity index (χ1v) is 7.26. The van der Waals surface area contributed by atoms with E-state index < -0.39 is 0 Å². The van der Waals surface area contributed by atoms with E-state index in [4.69, 9.17) is 0 Å². The van der Waals surface area contributed by atoms with Crippen molar-refractivity contribution in [3.8, 4) is 0 Å². The van der Waals surface area contributed by atoms with Gasteiger partial charge in [0.15, 0.2) is 0 Å². The maximum absolute atomic E-state index is 4.54. The predicted octanol–water partition coefficient (Wildman–Crippen LogP) is 2.29. The minimum absolute atomic E-state index is 0.828. The second-order valence-electron chi connectivity index (χ2n) is 4.32. The van der Waals surface area contributed by atoms with Gasteiger partial charge in [-0.1, -0.05) is 13.8 Å². The van der Waals surface area contributed by atoms with Gasteiger partial charge in [0, 0.05) is 37.3 Å². The molecule has 0 unspecified atom stereocenters. The maximum atomic E-state index is 4.54. The third-order valence-electron chi connectivity index (χ3n) is 2.85. The lowest BCUT2D eigenvalue weighted by molar-refractivity contribution is 0.676. The molecule has 0 aliphatic carbocycles. The molecule has 4 nitrogen and oxygen atoms in total. The Morgan fingerprint density at radius 1 is 1.28 bits per heavy atom. The average Bonchev–Trinajstić information content (AvgIpc) is 2.96. The van der Waals surface area contributed by atoms with Crippen molar-refractivity contribution < 1.29 is 0 Å². The topological polar surface area (TPSA) is 42.7 Å². The van der Waals surface area contributed by atoms with Gasteiger partial charge in [-0.3, -0.25) is 4.68 Å². The maximum Gasteiger partial charge on any atom is 0.0926 e. The largest absolute Gasteiger partial charge is 0.307 e. The molecule has 5 heteroatoms. The molecular weight excluding hydrogens is 244 g/mol. The van der Waals surface area contributed by atoms with Crippen LogP contribution in [0.15, 0.2) is 11.6 Å². The van der Waals surface area contributed by atoms with Crippen LogP contribution in [0.5, 0.6) is 0 Å². The number of nitrogens with zero attached hydrogens (tertiary/aromatic N) is 3. The molecule has 0 aliphatic heterocycles. The van der Waals surface area contributed by atoms with Crippen LogP contribution in [0.3, 0.4) is 0 Å². The third-order valence-corrected chi connectivity index (χ3v) is 3.89. The van der Waals surface area contributed by atoms with Crippen molar-refractivity contribution in [3.05, 3.63) is 33.5 Å². The normalized spacial score (nSPS) is 11.1. The van der Waals surface area contributed by atoms with Crippen molar-refractivity contribution in [2.75, 3.05) is 0 Å². The molecule has 0 aliphatic rings. The number of rotatable bonds is 6. The van der Waals surface area contributed by atoms with E-state index >= 15 is 0 Å². The van der Waals surface area contributed by atoms with Gasteiger partial charge in [0.05, 0.1) is 16.4 Å². The summed E-state index contributed by atoms with van der Waals surface area (Å²) in [6.07, 6.45) is 4.09. The molecule has 0 saturated carbocycles. The van der Waals surface area contributed by atoms with Gasteiger partial charge in [0.1, 0.15) is 0 Å². The number of thiazole rings is 1. The van der Waals surface area contributed by atoms with Crippen LogP contribution in [0.4, 0.5) is 0 Å². The van der Waals surface area contributed by atoms with Gasteiger partial charge in [-0.25, -0.2) is 4.98 Å². The molecule has 0 spiro atoms. The molecule has 1 N–H and O–H groups in total. The van der Waals surface area contributed by atoms with Crippen molar-refractivity contribution >= 4 is 11.3 Å². The Labute approximate surface area is 112 Å². The van der Waals surface area contributed by atoms with E-state index in [0.29, 0.717) is 0 Å². The summed E-state index contributed by atoms with van der Waals surface area (Å²) in [6.45, 7) is 5.96. The van der Waals surface area contributed by atoms with Gasteiger partial charge in [0.2, 0.25) is 0 Å². The van der Waals surface area contributed by atoms with E-state index in [1.807, 2.05) is 11.7 Å². The molecule has 2 rings (SSSR count). The second-order valence-corrected chi connectivity index (χ2v) is 5.26. The minimum atomic E-state index is 0.828. The number of aromatic nitrogens is 3. The molecule has 0 aromatic carbocycles. The van der Waals surface area contributed by atoms with Crippen molar-refractivity contribution in [1.82, 2.24) is 20.1 Å². The van der Waals surface area contributed by atoms with E-state index in [2.05, 4.69) is 40.8 Å². The number of aryl methyl sites for hydroxylation is 3. The first kappa shape index (κ1) is 13.2. The first-order chi connectivity index (χ1) is 8.72. The van der Waals surface area contributed by atoms with Gasteiger partial charge in [0.25, 0.3) is 0 Å². The SMILES string of the molecule is CCc1nc(CNCc2cn(C)nc2CC)cs1. The van der Waals surface area contributed by atoms with Crippen molar-refractivity contribution in [2.24, 2.45) is 7.05 Å². The molecule has 18 heavy (non-hydrogen) atoms. The Morgan fingerprint density at radius 3 is 2.78 bits per heavy atom. The van der Waals surface area contributed by atoms with Crippen LogP contribution in [0.1, 0.15) is 35.8 Å². The van der Waals surface area contributed by atoms with Crippen molar-refractivity contribution in [3.63, 3.8) is 0 Å². The fourth-order valence-corrected chi connectivity index (χ4v) is 2.69. The third kappa shape index (κ3) is 3.17. The van der Waals surface area contributed by atoms with Crippen molar-refractivity contribution in [1.29, 1.82) is 0 Å². The highest BCUT2D eigenvalue weighted by atomic mass is 32.1. The average molecular weight is 264 g/mol. The van der Waals surface area contributed by atoms with E-state index in [0.717, 1.165) is 31.6 Å². The Kier molecular flexibility index (Phi) is 4.49. The van der Waals surface area contributed by atoms with Gasteiger partial charge in [-0.15, -0.1) is 11.3 Å². The van der Waals surface area contributed by atoms with Crippen LogP contribution in [-0.2, 0) is 33.0 Å². The van der Waals surface area contributed by atoms with E-state index in [9.17, 15) is 0 Å². The molecular formula is C13H20N4S. The zero-order chi connectivity index (χ0) is 13.0. The summed E-state index contributed by atoms with van der Waals surface area (Å²) in [5.74, 6) is 0. The number of hydrogen-bond acceptors (Lipinski definition) is 4. The molecule has 0 fully saturated rings. The smallest absolute Gasteiger partial charge is 0.0926 e. The molecule has 0 saturated heterocycles.